The van der Waals surface area contributed by atoms with Gasteiger partial charge in [0.15, 0.2) is 5.13 Å². The fourth-order valence-corrected chi connectivity index (χ4v) is 2.75. The van der Waals surface area contributed by atoms with E-state index in [1.807, 2.05) is 11.4 Å². The molecule has 0 unspecified atom stereocenters. The zero-order valence-electron chi connectivity index (χ0n) is 11.9. The molecule has 5 nitrogen and oxygen atoms in total. The first kappa shape index (κ1) is 14.0. The standard InChI is InChI=1S/C15H18N4OS/c1-2-7-16-13-6-5-11(8-17-13)14(20)19-15-18-12(9-21-15)10-3-4-10/h5-6,8-10H,2-4,7H2,1H3,(H,16,17)(H,18,19,20). The number of hydrogen-bond donors (Lipinski definition) is 2. The van der Waals surface area contributed by atoms with Gasteiger partial charge in [-0.15, -0.1) is 11.3 Å². The van der Waals surface area contributed by atoms with Gasteiger partial charge in [-0.3, -0.25) is 10.1 Å². The lowest BCUT2D eigenvalue weighted by atomic mass is 10.2. The van der Waals surface area contributed by atoms with E-state index in [1.165, 1.54) is 24.2 Å². The molecular weight excluding hydrogens is 284 g/mol. The van der Waals surface area contributed by atoms with Crippen LogP contribution in [0.5, 0.6) is 0 Å². The largest absolute Gasteiger partial charge is 0.370 e. The third-order valence-corrected chi connectivity index (χ3v) is 4.10. The minimum Gasteiger partial charge on any atom is -0.370 e. The van der Waals surface area contributed by atoms with Crippen LogP contribution in [0.15, 0.2) is 23.7 Å². The van der Waals surface area contributed by atoms with Crippen molar-refractivity contribution in [3.8, 4) is 0 Å². The van der Waals surface area contributed by atoms with Crippen molar-refractivity contribution in [2.75, 3.05) is 17.2 Å². The zero-order valence-corrected chi connectivity index (χ0v) is 12.7. The topological polar surface area (TPSA) is 66.9 Å². The van der Waals surface area contributed by atoms with E-state index in [0.717, 1.165) is 24.5 Å². The summed E-state index contributed by atoms with van der Waals surface area (Å²) in [5.41, 5.74) is 1.65. The molecule has 0 spiro atoms. The number of aromatic nitrogens is 2. The molecule has 0 aliphatic heterocycles. The Kier molecular flexibility index (Phi) is 4.15. The average Bonchev–Trinajstić information content (AvgIpc) is 3.26. The fraction of sp³-hybridized carbons (Fsp3) is 0.400. The minimum atomic E-state index is -0.166. The Labute approximate surface area is 127 Å². The second kappa shape index (κ2) is 6.22. The van der Waals surface area contributed by atoms with Crippen molar-refractivity contribution in [2.45, 2.75) is 32.1 Å². The molecule has 1 aliphatic carbocycles. The summed E-state index contributed by atoms with van der Waals surface area (Å²) in [5, 5.41) is 8.70. The van der Waals surface area contributed by atoms with Crippen molar-refractivity contribution in [3.63, 3.8) is 0 Å². The predicted molar refractivity (Wildman–Crippen MR) is 85.1 cm³/mol. The summed E-state index contributed by atoms with van der Waals surface area (Å²) >= 11 is 1.48. The first-order valence-corrected chi connectivity index (χ1v) is 8.11. The summed E-state index contributed by atoms with van der Waals surface area (Å²) in [7, 11) is 0. The van der Waals surface area contributed by atoms with Gasteiger partial charge in [-0.2, -0.15) is 0 Å². The Hall–Kier alpha value is -1.95. The van der Waals surface area contributed by atoms with Crippen LogP contribution in [0.3, 0.4) is 0 Å². The number of hydrogen-bond acceptors (Lipinski definition) is 5. The number of nitrogens with zero attached hydrogens (tertiary/aromatic N) is 2. The monoisotopic (exact) mass is 302 g/mol. The number of carbonyl (C=O) groups is 1. The van der Waals surface area contributed by atoms with Crippen molar-refractivity contribution in [1.82, 2.24) is 9.97 Å². The van der Waals surface area contributed by atoms with Crippen molar-refractivity contribution >= 4 is 28.2 Å². The van der Waals surface area contributed by atoms with E-state index >= 15 is 0 Å². The molecule has 1 saturated carbocycles. The molecule has 0 bridgehead atoms. The molecule has 0 radical (unpaired) electrons. The van der Waals surface area contributed by atoms with Gasteiger partial charge in [-0.25, -0.2) is 9.97 Å². The van der Waals surface area contributed by atoms with E-state index in [0.29, 0.717) is 16.6 Å². The number of rotatable bonds is 6. The molecule has 0 aromatic carbocycles. The van der Waals surface area contributed by atoms with Crippen LogP contribution < -0.4 is 10.6 Å². The molecule has 3 rings (SSSR count). The Balaban J connectivity index is 1.61. The molecule has 2 aromatic heterocycles. The van der Waals surface area contributed by atoms with E-state index < -0.39 is 0 Å². The van der Waals surface area contributed by atoms with E-state index in [-0.39, 0.29) is 5.91 Å². The van der Waals surface area contributed by atoms with Gasteiger partial charge < -0.3 is 5.32 Å². The van der Waals surface area contributed by atoms with Gasteiger partial charge in [0.25, 0.3) is 5.91 Å². The molecular formula is C15H18N4OS. The highest BCUT2D eigenvalue weighted by molar-refractivity contribution is 7.14. The highest BCUT2D eigenvalue weighted by Crippen LogP contribution is 2.40. The molecule has 21 heavy (non-hydrogen) atoms. The third kappa shape index (κ3) is 3.58. The molecule has 1 aliphatic rings. The van der Waals surface area contributed by atoms with Crippen LogP contribution in [0.1, 0.15) is 48.2 Å². The summed E-state index contributed by atoms with van der Waals surface area (Å²) < 4.78 is 0. The van der Waals surface area contributed by atoms with Crippen LogP contribution in [0.4, 0.5) is 10.9 Å². The second-order valence-electron chi connectivity index (χ2n) is 5.16. The summed E-state index contributed by atoms with van der Waals surface area (Å²) in [4.78, 5) is 20.8. The molecule has 2 N–H and O–H groups in total. The number of thiazole rings is 1. The Morgan fingerprint density at radius 1 is 1.43 bits per heavy atom. The van der Waals surface area contributed by atoms with Gasteiger partial charge in [-0.1, -0.05) is 6.92 Å². The van der Waals surface area contributed by atoms with E-state index in [1.54, 1.807) is 12.3 Å². The summed E-state index contributed by atoms with van der Waals surface area (Å²) in [6.07, 6.45) is 5.06. The first-order valence-electron chi connectivity index (χ1n) is 7.23. The summed E-state index contributed by atoms with van der Waals surface area (Å²) in [5.74, 6) is 1.23. The van der Waals surface area contributed by atoms with E-state index in [9.17, 15) is 4.79 Å². The van der Waals surface area contributed by atoms with Crippen molar-refractivity contribution < 1.29 is 4.79 Å². The van der Waals surface area contributed by atoms with E-state index in [4.69, 9.17) is 0 Å². The number of nitrogens with one attached hydrogen (secondary N) is 2. The fourth-order valence-electron chi connectivity index (χ4n) is 1.97. The second-order valence-corrected chi connectivity index (χ2v) is 6.02. The summed E-state index contributed by atoms with van der Waals surface area (Å²) in [6.45, 7) is 2.97. The van der Waals surface area contributed by atoms with Crippen LogP contribution >= 0.6 is 11.3 Å². The number of amides is 1. The highest BCUT2D eigenvalue weighted by Gasteiger charge is 2.26. The Morgan fingerprint density at radius 2 is 2.29 bits per heavy atom. The average molecular weight is 302 g/mol. The lowest BCUT2D eigenvalue weighted by Crippen LogP contribution is -2.12. The Morgan fingerprint density at radius 3 is 2.95 bits per heavy atom. The van der Waals surface area contributed by atoms with Crippen molar-refractivity contribution in [3.05, 3.63) is 35.0 Å². The Bertz CT molecular complexity index is 619. The van der Waals surface area contributed by atoms with Gasteiger partial charge in [-0.05, 0) is 31.4 Å². The molecule has 0 saturated heterocycles. The zero-order chi connectivity index (χ0) is 14.7. The maximum Gasteiger partial charge on any atom is 0.259 e. The van der Waals surface area contributed by atoms with Crippen LogP contribution in [-0.2, 0) is 0 Å². The normalized spacial score (nSPS) is 14.0. The van der Waals surface area contributed by atoms with Crippen LogP contribution in [-0.4, -0.2) is 22.4 Å². The van der Waals surface area contributed by atoms with Crippen LogP contribution in [0.2, 0.25) is 0 Å². The van der Waals surface area contributed by atoms with Gasteiger partial charge in [0.1, 0.15) is 5.82 Å². The molecule has 2 aromatic rings. The maximum absolute atomic E-state index is 12.1. The number of pyridine rings is 1. The lowest BCUT2D eigenvalue weighted by molar-refractivity contribution is 0.102. The van der Waals surface area contributed by atoms with Gasteiger partial charge in [0, 0.05) is 24.0 Å². The maximum atomic E-state index is 12.1. The first-order chi connectivity index (χ1) is 10.3. The van der Waals surface area contributed by atoms with Gasteiger partial charge >= 0.3 is 0 Å². The van der Waals surface area contributed by atoms with E-state index in [2.05, 4.69) is 27.5 Å². The quantitative estimate of drug-likeness (QED) is 0.857. The van der Waals surface area contributed by atoms with Gasteiger partial charge in [0.2, 0.25) is 0 Å². The molecule has 6 heteroatoms. The molecule has 0 atom stereocenters. The highest BCUT2D eigenvalue weighted by atomic mass is 32.1. The van der Waals surface area contributed by atoms with Crippen molar-refractivity contribution in [1.29, 1.82) is 0 Å². The summed E-state index contributed by atoms with van der Waals surface area (Å²) in [6, 6.07) is 3.60. The minimum absolute atomic E-state index is 0.166. The SMILES string of the molecule is CCCNc1ccc(C(=O)Nc2nc(C3CC3)cs2)cn1. The van der Waals surface area contributed by atoms with Crippen molar-refractivity contribution in [2.24, 2.45) is 0 Å². The molecule has 1 amide bonds. The number of anilines is 2. The lowest BCUT2D eigenvalue weighted by Gasteiger charge is -2.05. The molecule has 1 fully saturated rings. The third-order valence-electron chi connectivity index (χ3n) is 3.32. The predicted octanol–water partition coefficient (Wildman–Crippen LogP) is 3.49. The molecule has 110 valence electrons. The van der Waals surface area contributed by atoms with Crippen LogP contribution in [0.25, 0.3) is 0 Å². The smallest absolute Gasteiger partial charge is 0.259 e. The van der Waals surface area contributed by atoms with Gasteiger partial charge in [0.05, 0.1) is 11.3 Å². The number of carbonyl (C=O) groups excluding carboxylic acids is 1. The molecule has 2 heterocycles. The van der Waals surface area contributed by atoms with Crippen LogP contribution in [0, 0.1) is 0 Å².